The van der Waals surface area contributed by atoms with Crippen molar-refractivity contribution in [2.45, 2.75) is 32.7 Å². The molecular formula is C15H18N2OS. The quantitative estimate of drug-likeness (QED) is 0.879. The molecule has 0 bridgehead atoms. The average molecular weight is 274 g/mol. The summed E-state index contributed by atoms with van der Waals surface area (Å²) in [5.41, 5.74) is 1.28. The molecule has 0 aliphatic carbocycles. The second-order valence-corrected chi connectivity index (χ2v) is 5.61. The van der Waals surface area contributed by atoms with Crippen LogP contribution in [-0.4, -0.2) is 10.9 Å². The SMILES string of the molecule is CCCC(=O)NCc1ncc(Cc2ccccc2)s1. The second-order valence-electron chi connectivity index (χ2n) is 4.41. The number of hydrogen-bond donors (Lipinski definition) is 1. The lowest BCUT2D eigenvalue weighted by molar-refractivity contribution is -0.121. The van der Waals surface area contributed by atoms with Crippen LogP contribution in [0.4, 0.5) is 0 Å². The van der Waals surface area contributed by atoms with E-state index in [1.54, 1.807) is 11.3 Å². The summed E-state index contributed by atoms with van der Waals surface area (Å²) in [6, 6.07) is 10.3. The Bertz CT molecular complexity index is 522. The number of hydrogen-bond acceptors (Lipinski definition) is 3. The number of thiazole rings is 1. The molecule has 1 N–H and O–H groups in total. The van der Waals surface area contributed by atoms with Gasteiger partial charge in [-0.3, -0.25) is 4.79 Å². The zero-order valence-electron chi connectivity index (χ0n) is 11.1. The molecule has 2 rings (SSSR count). The Labute approximate surface area is 117 Å². The zero-order valence-corrected chi connectivity index (χ0v) is 11.9. The van der Waals surface area contributed by atoms with Gasteiger partial charge in [0.15, 0.2) is 0 Å². The molecule has 0 saturated heterocycles. The Morgan fingerprint density at radius 3 is 2.84 bits per heavy atom. The fourth-order valence-corrected chi connectivity index (χ4v) is 2.69. The maximum Gasteiger partial charge on any atom is 0.220 e. The highest BCUT2D eigenvalue weighted by Gasteiger charge is 2.05. The van der Waals surface area contributed by atoms with Gasteiger partial charge in [0.2, 0.25) is 5.91 Å². The smallest absolute Gasteiger partial charge is 0.220 e. The molecule has 4 heteroatoms. The van der Waals surface area contributed by atoms with Gasteiger partial charge in [-0.05, 0) is 12.0 Å². The van der Waals surface area contributed by atoms with Crippen molar-refractivity contribution in [2.24, 2.45) is 0 Å². The van der Waals surface area contributed by atoms with Gasteiger partial charge in [0.25, 0.3) is 0 Å². The lowest BCUT2D eigenvalue weighted by Crippen LogP contribution is -2.21. The van der Waals surface area contributed by atoms with E-state index in [-0.39, 0.29) is 5.91 Å². The highest BCUT2D eigenvalue weighted by atomic mass is 32.1. The Morgan fingerprint density at radius 2 is 2.11 bits per heavy atom. The third-order valence-electron chi connectivity index (χ3n) is 2.74. The van der Waals surface area contributed by atoms with Gasteiger partial charge in [-0.2, -0.15) is 0 Å². The van der Waals surface area contributed by atoms with Gasteiger partial charge < -0.3 is 5.32 Å². The number of carbonyl (C=O) groups excluding carboxylic acids is 1. The van der Waals surface area contributed by atoms with Gasteiger partial charge in [-0.1, -0.05) is 37.3 Å². The molecule has 0 unspecified atom stereocenters. The van der Waals surface area contributed by atoms with Crippen molar-refractivity contribution in [2.75, 3.05) is 0 Å². The van der Waals surface area contributed by atoms with Gasteiger partial charge in [-0.15, -0.1) is 11.3 Å². The van der Waals surface area contributed by atoms with E-state index in [4.69, 9.17) is 0 Å². The summed E-state index contributed by atoms with van der Waals surface area (Å²) in [5.74, 6) is 0.0994. The summed E-state index contributed by atoms with van der Waals surface area (Å²) in [6.07, 6.45) is 4.27. The minimum atomic E-state index is 0.0994. The molecule has 0 atom stereocenters. The molecule has 1 aromatic heterocycles. The maximum atomic E-state index is 11.4. The van der Waals surface area contributed by atoms with Crippen molar-refractivity contribution in [3.05, 3.63) is 52.0 Å². The first-order valence-electron chi connectivity index (χ1n) is 6.52. The van der Waals surface area contributed by atoms with E-state index in [1.807, 2.05) is 31.3 Å². The van der Waals surface area contributed by atoms with Crippen molar-refractivity contribution >= 4 is 17.2 Å². The van der Waals surface area contributed by atoms with E-state index in [0.29, 0.717) is 13.0 Å². The van der Waals surface area contributed by atoms with Crippen LogP contribution in [0.3, 0.4) is 0 Å². The van der Waals surface area contributed by atoms with Gasteiger partial charge in [-0.25, -0.2) is 4.98 Å². The highest BCUT2D eigenvalue weighted by Crippen LogP contribution is 2.17. The fourth-order valence-electron chi connectivity index (χ4n) is 1.80. The Balaban J connectivity index is 1.87. The summed E-state index contributed by atoms with van der Waals surface area (Å²) in [6.45, 7) is 2.54. The lowest BCUT2D eigenvalue weighted by atomic mass is 10.1. The van der Waals surface area contributed by atoms with Crippen molar-refractivity contribution in [1.82, 2.24) is 10.3 Å². The van der Waals surface area contributed by atoms with Crippen LogP contribution >= 0.6 is 11.3 Å². The Hall–Kier alpha value is -1.68. The van der Waals surface area contributed by atoms with Crippen LogP contribution in [0.2, 0.25) is 0 Å². The summed E-state index contributed by atoms with van der Waals surface area (Å²) >= 11 is 1.66. The maximum absolute atomic E-state index is 11.4. The predicted octanol–water partition coefficient (Wildman–Crippen LogP) is 3.15. The number of amides is 1. The first-order chi connectivity index (χ1) is 9.28. The number of carbonyl (C=O) groups is 1. The van der Waals surface area contributed by atoms with Crippen molar-refractivity contribution in [1.29, 1.82) is 0 Å². The standard InChI is InChI=1S/C15H18N2OS/c1-2-6-14(18)16-11-15-17-10-13(19-15)9-12-7-4-3-5-8-12/h3-5,7-8,10H,2,6,9,11H2,1H3,(H,16,18). The number of benzene rings is 1. The molecule has 0 saturated carbocycles. The second kappa shape index (κ2) is 7.04. The fraction of sp³-hybridized carbons (Fsp3) is 0.333. The molecule has 19 heavy (non-hydrogen) atoms. The molecule has 0 radical (unpaired) electrons. The van der Waals surface area contributed by atoms with Crippen LogP contribution in [0.15, 0.2) is 36.5 Å². The first-order valence-corrected chi connectivity index (χ1v) is 7.33. The molecule has 0 aliphatic rings. The minimum Gasteiger partial charge on any atom is -0.350 e. The van der Waals surface area contributed by atoms with Crippen molar-refractivity contribution in [3.8, 4) is 0 Å². The molecule has 0 aliphatic heterocycles. The third kappa shape index (κ3) is 4.48. The Kier molecular flexibility index (Phi) is 5.10. The van der Waals surface area contributed by atoms with E-state index in [0.717, 1.165) is 17.8 Å². The topological polar surface area (TPSA) is 42.0 Å². The molecule has 0 spiro atoms. The number of nitrogens with zero attached hydrogens (tertiary/aromatic N) is 1. The van der Waals surface area contributed by atoms with Crippen molar-refractivity contribution < 1.29 is 4.79 Å². The van der Waals surface area contributed by atoms with Crippen molar-refractivity contribution in [3.63, 3.8) is 0 Å². The molecule has 2 aromatic rings. The predicted molar refractivity (Wildman–Crippen MR) is 78.1 cm³/mol. The normalized spacial score (nSPS) is 10.4. The van der Waals surface area contributed by atoms with E-state index in [9.17, 15) is 4.79 Å². The average Bonchev–Trinajstić information content (AvgIpc) is 2.86. The van der Waals surface area contributed by atoms with E-state index >= 15 is 0 Å². The molecular weight excluding hydrogens is 256 g/mol. The molecule has 1 heterocycles. The minimum absolute atomic E-state index is 0.0994. The van der Waals surface area contributed by atoms with Gasteiger partial charge >= 0.3 is 0 Å². The summed E-state index contributed by atoms with van der Waals surface area (Å²) in [7, 11) is 0. The highest BCUT2D eigenvalue weighted by molar-refractivity contribution is 7.11. The van der Waals surface area contributed by atoms with Crippen LogP contribution < -0.4 is 5.32 Å². The van der Waals surface area contributed by atoms with Crippen LogP contribution in [0.5, 0.6) is 0 Å². The van der Waals surface area contributed by atoms with E-state index < -0.39 is 0 Å². The van der Waals surface area contributed by atoms with Crippen LogP contribution in [0, 0.1) is 0 Å². The van der Waals surface area contributed by atoms with Crippen LogP contribution in [0.25, 0.3) is 0 Å². The van der Waals surface area contributed by atoms with Gasteiger partial charge in [0.1, 0.15) is 5.01 Å². The van der Waals surface area contributed by atoms with Gasteiger partial charge in [0.05, 0.1) is 6.54 Å². The largest absolute Gasteiger partial charge is 0.350 e. The monoisotopic (exact) mass is 274 g/mol. The summed E-state index contributed by atoms with van der Waals surface area (Å²) in [4.78, 5) is 17.0. The van der Waals surface area contributed by atoms with E-state index in [2.05, 4.69) is 22.4 Å². The molecule has 1 amide bonds. The number of aromatic nitrogens is 1. The number of rotatable bonds is 6. The van der Waals surface area contributed by atoms with Gasteiger partial charge in [0, 0.05) is 23.9 Å². The van der Waals surface area contributed by atoms with E-state index in [1.165, 1.54) is 10.4 Å². The molecule has 1 aromatic carbocycles. The summed E-state index contributed by atoms with van der Waals surface area (Å²) < 4.78 is 0. The third-order valence-corrected chi connectivity index (χ3v) is 3.73. The molecule has 0 fully saturated rings. The first kappa shape index (κ1) is 13.7. The number of nitrogens with one attached hydrogen (secondary N) is 1. The zero-order chi connectivity index (χ0) is 13.5. The Morgan fingerprint density at radius 1 is 1.32 bits per heavy atom. The molecule has 100 valence electrons. The lowest BCUT2D eigenvalue weighted by Gasteiger charge is -2.00. The summed E-state index contributed by atoms with van der Waals surface area (Å²) in [5, 5.41) is 3.85. The molecule has 3 nitrogen and oxygen atoms in total. The van der Waals surface area contributed by atoms with Crippen LogP contribution in [-0.2, 0) is 17.8 Å². The van der Waals surface area contributed by atoms with Crippen LogP contribution in [0.1, 0.15) is 35.2 Å².